The Morgan fingerprint density at radius 2 is 1.53 bits per heavy atom. The molecule has 0 heterocycles. The number of rotatable bonds is 2. The first-order valence-electron chi connectivity index (χ1n) is 5.02. The lowest BCUT2D eigenvalue weighted by molar-refractivity contribution is -0.132. The molecule has 17 heavy (non-hydrogen) atoms. The van der Waals surface area contributed by atoms with Gasteiger partial charge in [0.25, 0.3) is 0 Å². The van der Waals surface area contributed by atoms with E-state index < -0.39 is 17.8 Å². The second kappa shape index (κ2) is 5.25. The van der Waals surface area contributed by atoms with Crippen LogP contribution in [0.4, 0.5) is 5.69 Å². The van der Waals surface area contributed by atoms with E-state index in [1.165, 1.54) is 26.8 Å². The second-order valence-electron chi connectivity index (χ2n) is 3.43. The van der Waals surface area contributed by atoms with Gasteiger partial charge in [-0.2, -0.15) is 0 Å². The van der Waals surface area contributed by atoms with E-state index in [0.29, 0.717) is 0 Å². The van der Waals surface area contributed by atoms with E-state index in [0.717, 1.165) is 4.90 Å². The van der Waals surface area contributed by atoms with E-state index in [1.807, 2.05) is 0 Å². The van der Waals surface area contributed by atoms with Crippen molar-refractivity contribution in [2.24, 2.45) is 0 Å². The summed E-state index contributed by atoms with van der Waals surface area (Å²) in [4.78, 5) is 34.7. The van der Waals surface area contributed by atoms with Crippen molar-refractivity contribution in [2.45, 2.75) is 20.8 Å². The van der Waals surface area contributed by atoms with Gasteiger partial charge in [0.1, 0.15) is 0 Å². The molecule has 0 saturated heterocycles. The highest BCUT2D eigenvalue weighted by Gasteiger charge is 2.20. The quantitative estimate of drug-likeness (QED) is 0.575. The molecular weight excluding hydrogens is 222 g/mol. The number of hydrogen-bond donors (Lipinski definition) is 0. The molecular formula is C12H13NO4. The number of amides is 2. The number of nitrogens with zero attached hydrogens (tertiary/aromatic N) is 1. The molecule has 0 aliphatic heterocycles. The van der Waals surface area contributed by atoms with Crippen LogP contribution < -0.4 is 9.64 Å². The number of carbonyl (C=O) groups is 3. The molecule has 5 heteroatoms. The molecule has 0 atom stereocenters. The Balaban J connectivity index is 3.23. The molecule has 0 spiro atoms. The van der Waals surface area contributed by atoms with Crippen LogP contribution in [0.2, 0.25) is 0 Å². The van der Waals surface area contributed by atoms with E-state index in [9.17, 15) is 14.4 Å². The standard InChI is InChI=1S/C12H13NO4/c1-8(14)13(9(2)15)11-6-4-5-7-12(11)17-10(3)16/h4-7H,1-3H3. The minimum absolute atomic E-state index is 0.186. The summed E-state index contributed by atoms with van der Waals surface area (Å²) in [6, 6.07) is 6.37. The fraction of sp³-hybridized carbons (Fsp3) is 0.250. The number of benzene rings is 1. The van der Waals surface area contributed by atoms with Gasteiger partial charge >= 0.3 is 5.97 Å². The Kier molecular flexibility index (Phi) is 3.98. The lowest BCUT2D eigenvalue weighted by Crippen LogP contribution is -2.33. The van der Waals surface area contributed by atoms with Crippen LogP contribution in [0.25, 0.3) is 0 Å². The lowest BCUT2D eigenvalue weighted by atomic mass is 10.2. The maximum atomic E-state index is 11.4. The molecule has 0 aliphatic rings. The van der Waals surface area contributed by atoms with Crippen LogP contribution in [0, 0.1) is 0 Å². The summed E-state index contributed by atoms with van der Waals surface area (Å²) < 4.78 is 4.94. The average molecular weight is 235 g/mol. The summed E-state index contributed by atoms with van der Waals surface area (Å²) in [5, 5.41) is 0. The largest absolute Gasteiger partial charge is 0.424 e. The van der Waals surface area contributed by atoms with Crippen molar-refractivity contribution in [3.05, 3.63) is 24.3 Å². The first kappa shape index (κ1) is 12.9. The maximum absolute atomic E-state index is 11.4. The van der Waals surface area contributed by atoms with Crippen molar-refractivity contribution in [3.63, 3.8) is 0 Å². The van der Waals surface area contributed by atoms with E-state index in [1.54, 1.807) is 18.2 Å². The van der Waals surface area contributed by atoms with E-state index >= 15 is 0 Å². The number of ether oxygens (including phenoxy) is 1. The van der Waals surface area contributed by atoms with E-state index in [4.69, 9.17) is 4.74 Å². The molecule has 0 radical (unpaired) electrons. The molecule has 1 aromatic carbocycles. The molecule has 0 aromatic heterocycles. The summed E-state index contributed by atoms with van der Waals surface area (Å²) in [7, 11) is 0. The summed E-state index contributed by atoms with van der Waals surface area (Å²) in [6.45, 7) is 3.79. The highest BCUT2D eigenvalue weighted by molar-refractivity contribution is 6.14. The number of para-hydroxylation sites is 2. The predicted molar refractivity (Wildman–Crippen MR) is 61.6 cm³/mol. The van der Waals surface area contributed by atoms with Gasteiger partial charge in [0.05, 0.1) is 5.69 Å². The van der Waals surface area contributed by atoms with Gasteiger partial charge in [0.15, 0.2) is 5.75 Å². The molecule has 5 nitrogen and oxygen atoms in total. The van der Waals surface area contributed by atoms with Gasteiger partial charge in [-0.05, 0) is 12.1 Å². The lowest BCUT2D eigenvalue weighted by Gasteiger charge is -2.19. The van der Waals surface area contributed by atoms with Gasteiger partial charge in [-0.25, -0.2) is 4.90 Å². The Bertz CT molecular complexity index is 453. The summed E-state index contributed by atoms with van der Waals surface area (Å²) in [6.07, 6.45) is 0. The molecule has 0 N–H and O–H groups in total. The second-order valence-corrected chi connectivity index (χ2v) is 3.43. The first-order chi connectivity index (χ1) is 7.93. The highest BCUT2D eigenvalue weighted by Crippen LogP contribution is 2.28. The fourth-order valence-corrected chi connectivity index (χ4v) is 1.44. The molecule has 0 aliphatic carbocycles. The van der Waals surface area contributed by atoms with Crippen molar-refractivity contribution in [2.75, 3.05) is 4.90 Å². The molecule has 1 aromatic rings. The van der Waals surface area contributed by atoms with Crippen LogP contribution in [-0.2, 0) is 14.4 Å². The monoisotopic (exact) mass is 235 g/mol. The summed E-state index contributed by atoms with van der Waals surface area (Å²) >= 11 is 0. The Morgan fingerprint density at radius 3 is 2.00 bits per heavy atom. The summed E-state index contributed by atoms with van der Waals surface area (Å²) in [5.41, 5.74) is 0.266. The Labute approximate surface area is 99.0 Å². The molecule has 0 fully saturated rings. The third kappa shape index (κ3) is 3.14. The predicted octanol–water partition coefficient (Wildman–Crippen LogP) is 1.51. The van der Waals surface area contributed by atoms with E-state index in [2.05, 4.69) is 0 Å². The third-order valence-electron chi connectivity index (χ3n) is 1.99. The Hall–Kier alpha value is -2.17. The smallest absolute Gasteiger partial charge is 0.308 e. The van der Waals surface area contributed by atoms with Gasteiger partial charge < -0.3 is 4.74 Å². The molecule has 0 unspecified atom stereocenters. The SMILES string of the molecule is CC(=O)Oc1ccccc1N(C(C)=O)C(C)=O. The van der Waals surface area contributed by atoms with Crippen LogP contribution >= 0.6 is 0 Å². The van der Waals surface area contributed by atoms with Gasteiger partial charge in [0, 0.05) is 20.8 Å². The normalized spacial score (nSPS) is 9.59. The van der Waals surface area contributed by atoms with Crippen molar-refractivity contribution >= 4 is 23.5 Å². The van der Waals surface area contributed by atoms with Crippen LogP contribution in [0.5, 0.6) is 5.75 Å². The van der Waals surface area contributed by atoms with Gasteiger partial charge in [0.2, 0.25) is 11.8 Å². The number of imide groups is 1. The molecule has 0 saturated carbocycles. The maximum Gasteiger partial charge on any atom is 0.308 e. The zero-order valence-corrected chi connectivity index (χ0v) is 9.89. The minimum atomic E-state index is -0.510. The van der Waals surface area contributed by atoms with Gasteiger partial charge in [-0.1, -0.05) is 12.1 Å². The number of carbonyl (C=O) groups excluding carboxylic acids is 3. The van der Waals surface area contributed by atoms with E-state index in [-0.39, 0.29) is 11.4 Å². The van der Waals surface area contributed by atoms with Gasteiger partial charge in [-0.15, -0.1) is 0 Å². The minimum Gasteiger partial charge on any atom is -0.424 e. The zero-order chi connectivity index (χ0) is 13.0. The molecule has 2 amide bonds. The Morgan fingerprint density at radius 1 is 1.00 bits per heavy atom. The topological polar surface area (TPSA) is 63.7 Å². The molecule has 90 valence electrons. The molecule has 1 rings (SSSR count). The van der Waals surface area contributed by atoms with Gasteiger partial charge in [-0.3, -0.25) is 14.4 Å². The van der Waals surface area contributed by atoms with Crippen LogP contribution in [0.15, 0.2) is 24.3 Å². The fourth-order valence-electron chi connectivity index (χ4n) is 1.44. The van der Waals surface area contributed by atoms with Crippen LogP contribution in [-0.4, -0.2) is 17.8 Å². The number of esters is 1. The van der Waals surface area contributed by atoms with Crippen molar-refractivity contribution in [1.82, 2.24) is 0 Å². The van der Waals surface area contributed by atoms with Crippen LogP contribution in [0.3, 0.4) is 0 Å². The number of hydrogen-bond acceptors (Lipinski definition) is 4. The molecule has 0 bridgehead atoms. The summed E-state index contributed by atoms with van der Waals surface area (Å²) in [5.74, 6) is -1.19. The third-order valence-corrected chi connectivity index (χ3v) is 1.99. The zero-order valence-electron chi connectivity index (χ0n) is 9.89. The highest BCUT2D eigenvalue weighted by atomic mass is 16.5. The van der Waals surface area contributed by atoms with Crippen molar-refractivity contribution in [3.8, 4) is 5.75 Å². The van der Waals surface area contributed by atoms with Crippen molar-refractivity contribution < 1.29 is 19.1 Å². The van der Waals surface area contributed by atoms with Crippen LogP contribution in [0.1, 0.15) is 20.8 Å². The average Bonchev–Trinajstić information content (AvgIpc) is 2.18. The number of anilines is 1. The van der Waals surface area contributed by atoms with Crippen molar-refractivity contribution in [1.29, 1.82) is 0 Å². The first-order valence-corrected chi connectivity index (χ1v) is 5.02.